The molecule has 0 radical (unpaired) electrons. The minimum atomic E-state index is -0.512. The molecule has 0 N–H and O–H groups in total. The number of carbonyl (C=O) groups is 1. The minimum absolute atomic E-state index is 0.0681. The van der Waals surface area contributed by atoms with Crippen molar-refractivity contribution >= 4 is 28.6 Å². The molecule has 3 aromatic rings. The van der Waals surface area contributed by atoms with Gasteiger partial charge in [-0.25, -0.2) is 19.7 Å². The molecule has 0 aliphatic heterocycles. The summed E-state index contributed by atoms with van der Waals surface area (Å²) in [5.41, 5.74) is 2.24. The third-order valence-electron chi connectivity index (χ3n) is 3.15. The molecule has 0 fully saturated rings. The topological polar surface area (TPSA) is 69.9 Å². The Hall–Kier alpha value is -2.75. The number of nitrogens with zero attached hydrogens (tertiary/aromatic N) is 4. The number of hydrogen-bond donors (Lipinski definition) is 0. The summed E-state index contributed by atoms with van der Waals surface area (Å²) in [5, 5.41) is 0.943. The molecule has 0 amide bonds. The van der Waals surface area contributed by atoms with Crippen molar-refractivity contribution in [2.24, 2.45) is 7.05 Å². The van der Waals surface area contributed by atoms with Crippen molar-refractivity contribution in [3.05, 3.63) is 41.6 Å². The molecule has 11 heteroatoms. The lowest BCUT2D eigenvalue weighted by molar-refractivity contribution is 0.0600. The summed E-state index contributed by atoms with van der Waals surface area (Å²) in [4.78, 5) is 24.2. The normalized spacial score (nSPS) is 9.56. The zero-order valence-electron chi connectivity index (χ0n) is 12.9. The Bertz CT molecular complexity index is 860. The van der Waals surface area contributed by atoms with E-state index in [1.54, 1.807) is 6.20 Å². The van der Waals surface area contributed by atoms with Crippen LogP contribution in [0.15, 0.2) is 30.7 Å². The van der Waals surface area contributed by atoms with Crippen molar-refractivity contribution in [3.63, 3.8) is 0 Å². The van der Waals surface area contributed by atoms with Crippen molar-refractivity contribution in [3.8, 4) is 11.3 Å². The van der Waals surface area contributed by atoms with E-state index in [1.165, 1.54) is 13.3 Å². The van der Waals surface area contributed by atoms with Crippen LogP contribution in [0.2, 0.25) is 5.28 Å². The van der Waals surface area contributed by atoms with Gasteiger partial charge in [0.05, 0.1) is 12.8 Å². The van der Waals surface area contributed by atoms with Gasteiger partial charge in [0.2, 0.25) is 5.28 Å². The maximum Gasteiger partial charge on any atom is 0.341 e. The molecule has 0 saturated heterocycles. The molecule has 6 nitrogen and oxygen atoms in total. The Morgan fingerprint density at radius 2 is 1.92 bits per heavy atom. The van der Waals surface area contributed by atoms with Crippen molar-refractivity contribution in [1.82, 2.24) is 19.5 Å². The first kappa shape index (κ1) is 20.3. The molecule has 0 saturated carbocycles. The van der Waals surface area contributed by atoms with Crippen LogP contribution in [0.1, 0.15) is 10.4 Å². The summed E-state index contributed by atoms with van der Waals surface area (Å²) in [7, 11) is 3.19. The lowest BCUT2D eigenvalue weighted by Crippen LogP contribution is -2.06. The smallest absolute Gasteiger partial charge is 0.341 e. The highest BCUT2D eigenvalue weighted by atomic mass is 35.5. The van der Waals surface area contributed by atoms with Gasteiger partial charge < -0.3 is 9.30 Å². The first-order valence-corrected chi connectivity index (χ1v) is 6.79. The monoisotopic (exact) mass is 378 g/mol. The van der Waals surface area contributed by atoms with E-state index >= 15 is 0 Å². The Kier molecular flexibility index (Phi) is 7.73. The van der Waals surface area contributed by atoms with Gasteiger partial charge in [0.15, 0.2) is 0 Å². The van der Waals surface area contributed by atoms with Crippen molar-refractivity contribution in [2.75, 3.05) is 7.11 Å². The second-order valence-corrected chi connectivity index (χ2v) is 4.76. The predicted molar refractivity (Wildman–Crippen MR) is 82.5 cm³/mol. The Morgan fingerprint density at radius 3 is 2.56 bits per heavy atom. The summed E-state index contributed by atoms with van der Waals surface area (Å²) in [6.07, 6.45) is 4.93. The average Bonchev–Trinajstić information content (AvgIpc) is 3.01. The summed E-state index contributed by atoms with van der Waals surface area (Å²) in [6, 6.07) is 3.74. The van der Waals surface area contributed by atoms with E-state index in [2.05, 4.69) is 15.0 Å². The van der Waals surface area contributed by atoms with Gasteiger partial charge in [0.25, 0.3) is 0 Å². The number of hydrogen-bond acceptors (Lipinski definition) is 5. The molecule has 0 bridgehead atoms. The number of fused-ring (bicyclic) bond motifs is 1. The number of esters is 1. The van der Waals surface area contributed by atoms with Gasteiger partial charge >= 0.3 is 5.97 Å². The summed E-state index contributed by atoms with van der Waals surface area (Å²) in [5.74, 6) is -0.512. The van der Waals surface area contributed by atoms with E-state index in [0.29, 0.717) is 5.69 Å². The largest absolute Gasteiger partial charge is 0.465 e. The van der Waals surface area contributed by atoms with Gasteiger partial charge in [0.1, 0.15) is 11.2 Å². The van der Waals surface area contributed by atoms with Gasteiger partial charge in [-0.3, -0.25) is 0 Å². The van der Waals surface area contributed by atoms with Crippen LogP contribution < -0.4 is 0 Å². The van der Waals surface area contributed by atoms with Gasteiger partial charge in [-0.05, 0) is 23.7 Å². The molecule has 3 rings (SSSR count). The Balaban J connectivity index is 0.000000730. The zero-order valence-corrected chi connectivity index (χ0v) is 13.6. The molecule has 0 aliphatic rings. The fourth-order valence-electron chi connectivity index (χ4n) is 2.23. The van der Waals surface area contributed by atoms with Gasteiger partial charge in [-0.1, -0.05) is 0 Å². The van der Waals surface area contributed by atoms with Crippen LogP contribution in [-0.2, 0) is 11.8 Å². The molecule has 0 unspecified atom stereocenters. The van der Waals surface area contributed by atoms with E-state index in [4.69, 9.17) is 34.6 Å². The van der Waals surface area contributed by atoms with E-state index < -0.39 is 5.97 Å². The highest BCUT2D eigenvalue weighted by Crippen LogP contribution is 2.30. The molecule has 0 aromatic carbocycles. The number of rotatable bonds is 2. The molecule has 0 aliphatic carbocycles. The predicted octanol–water partition coefficient (Wildman–Crippen LogP) is 4.15. The van der Waals surface area contributed by atoms with Crippen LogP contribution >= 0.6 is 11.6 Å². The van der Waals surface area contributed by atoms with E-state index in [-0.39, 0.29) is 10.8 Å². The fraction of sp³-hybridized carbons (Fsp3) is 0.143. The number of halogens is 5. The van der Waals surface area contributed by atoms with Crippen molar-refractivity contribution in [2.45, 2.75) is 0 Å². The van der Waals surface area contributed by atoms with Gasteiger partial charge in [0, 0.05) is 54.9 Å². The number of pyridine rings is 1. The Labute approximate surface area is 143 Å². The van der Waals surface area contributed by atoms with Crippen LogP contribution in [0.3, 0.4) is 0 Å². The van der Waals surface area contributed by atoms with Crippen LogP contribution in [-0.4, -0.2) is 32.6 Å². The number of carbonyl (C=O) groups excluding carboxylic acids is 1. The molecule has 134 valence electrons. The maximum absolute atomic E-state index is 11.9. The number of aryl methyl sites for hydroxylation is 1. The maximum atomic E-state index is 11.9. The molecule has 0 spiro atoms. The SMILES string of the molecule is COC(=O)c1cnc(Cl)nc1-c1cn(C)c2ncccc12.FF.FF. The lowest BCUT2D eigenvalue weighted by atomic mass is 10.1. The quantitative estimate of drug-likeness (QED) is 0.380. The molecule has 25 heavy (non-hydrogen) atoms. The third-order valence-corrected chi connectivity index (χ3v) is 3.34. The minimum Gasteiger partial charge on any atom is -0.465 e. The van der Waals surface area contributed by atoms with E-state index in [1.807, 2.05) is 29.9 Å². The summed E-state index contributed by atoms with van der Waals surface area (Å²) < 4.78 is 38.6. The average molecular weight is 379 g/mol. The van der Waals surface area contributed by atoms with Crippen LogP contribution in [0, 0.1) is 0 Å². The number of ether oxygens (including phenoxy) is 1. The third kappa shape index (κ3) is 4.21. The number of methoxy groups -OCH3 is 1. The number of aromatic nitrogens is 4. The van der Waals surface area contributed by atoms with Crippen LogP contribution in [0.5, 0.6) is 0 Å². The van der Waals surface area contributed by atoms with Crippen molar-refractivity contribution in [1.29, 1.82) is 0 Å². The first-order chi connectivity index (χ1) is 12.1. The standard InChI is InChI=1S/C14H11ClN4O2.2F2/c1-19-7-10(8-4-3-5-16-12(8)19)11-9(13(20)21-2)6-17-14(15)18-11;2*1-2/h3-7H,1-2H3;;. The molecular weight excluding hydrogens is 368 g/mol. The van der Waals surface area contributed by atoms with Crippen molar-refractivity contribution < 1.29 is 27.8 Å². The van der Waals surface area contributed by atoms with Gasteiger partial charge in [-0.2, -0.15) is 0 Å². The molecule has 3 heterocycles. The zero-order chi connectivity index (χ0) is 19.0. The molecule has 3 aromatic heterocycles. The molecular formula is C14H11ClF4N4O2. The highest BCUT2D eigenvalue weighted by Gasteiger charge is 2.20. The Morgan fingerprint density at radius 1 is 1.24 bits per heavy atom. The fourth-order valence-corrected chi connectivity index (χ4v) is 2.36. The van der Waals surface area contributed by atoms with Crippen LogP contribution in [0.4, 0.5) is 18.3 Å². The second-order valence-electron chi connectivity index (χ2n) is 4.42. The van der Waals surface area contributed by atoms with Crippen LogP contribution in [0.25, 0.3) is 22.3 Å². The summed E-state index contributed by atoms with van der Waals surface area (Å²) in [6.45, 7) is 0. The van der Waals surface area contributed by atoms with E-state index in [0.717, 1.165) is 16.6 Å². The lowest BCUT2D eigenvalue weighted by Gasteiger charge is -2.05. The highest BCUT2D eigenvalue weighted by molar-refractivity contribution is 6.28. The first-order valence-electron chi connectivity index (χ1n) is 6.41. The van der Waals surface area contributed by atoms with Gasteiger partial charge in [-0.15, -0.1) is 0 Å². The summed E-state index contributed by atoms with van der Waals surface area (Å²) >= 11 is 5.88. The van der Waals surface area contributed by atoms with E-state index in [9.17, 15) is 4.79 Å². The second kappa shape index (κ2) is 9.52. The molecule has 0 atom stereocenters.